The topological polar surface area (TPSA) is 43.7 Å². The molecule has 0 amide bonds. The molecule has 2 aromatic rings. The quantitative estimate of drug-likeness (QED) is 0.816. The number of fused-ring (bicyclic) bond motifs is 1. The summed E-state index contributed by atoms with van der Waals surface area (Å²) < 4.78 is 0. The van der Waals surface area contributed by atoms with Crippen LogP contribution < -0.4 is 0 Å². The normalized spacial score (nSPS) is 30.6. The zero-order valence-corrected chi connectivity index (χ0v) is 17.3. The molecule has 28 heavy (non-hydrogen) atoms. The number of likely N-dealkylation sites (tertiary alicyclic amines) is 1. The summed E-state index contributed by atoms with van der Waals surface area (Å²) in [6.07, 6.45) is 2.26. The molecule has 1 fully saturated rings. The van der Waals surface area contributed by atoms with Crippen molar-refractivity contribution in [1.82, 2.24) is 4.90 Å². The number of benzene rings is 2. The first-order valence-corrected chi connectivity index (χ1v) is 10.7. The standard InChI is InChI=1S/C25H33NO2/c1-16(2)21-11-7-10-20-14-23(28)25(24(20)21)26-17(3)12-18(15-27)13-22(26)19-8-5-4-6-9-19/h4-11,16-18,22-23,25,27-28H,12-15H2,1-3H3/t17-,18+,22+,23-,25-/m1/s1. The molecule has 2 N–H and O–H groups in total. The molecular weight excluding hydrogens is 346 g/mol. The van der Waals surface area contributed by atoms with E-state index >= 15 is 0 Å². The van der Waals surface area contributed by atoms with Crippen molar-refractivity contribution in [3.8, 4) is 0 Å². The molecule has 0 radical (unpaired) electrons. The van der Waals surface area contributed by atoms with E-state index in [9.17, 15) is 10.2 Å². The van der Waals surface area contributed by atoms with Crippen LogP contribution in [-0.4, -0.2) is 33.9 Å². The van der Waals surface area contributed by atoms with Gasteiger partial charge in [-0.15, -0.1) is 0 Å². The molecule has 2 aliphatic rings. The summed E-state index contributed by atoms with van der Waals surface area (Å²) in [5.74, 6) is 0.748. The largest absolute Gasteiger partial charge is 0.396 e. The van der Waals surface area contributed by atoms with Gasteiger partial charge in [0.2, 0.25) is 0 Å². The average Bonchev–Trinajstić information content (AvgIpc) is 3.03. The van der Waals surface area contributed by atoms with Gasteiger partial charge in [-0.25, -0.2) is 0 Å². The summed E-state index contributed by atoms with van der Waals surface area (Å²) >= 11 is 0. The molecule has 0 bridgehead atoms. The number of nitrogens with zero attached hydrogens (tertiary/aromatic N) is 1. The second-order valence-electron chi connectivity index (χ2n) is 9.03. The van der Waals surface area contributed by atoms with E-state index in [1.165, 1.54) is 22.3 Å². The number of hydrogen-bond acceptors (Lipinski definition) is 3. The Morgan fingerprint density at radius 2 is 1.79 bits per heavy atom. The van der Waals surface area contributed by atoms with E-state index in [4.69, 9.17) is 0 Å². The molecule has 0 unspecified atom stereocenters. The first-order chi connectivity index (χ1) is 13.5. The Morgan fingerprint density at radius 1 is 1.04 bits per heavy atom. The summed E-state index contributed by atoms with van der Waals surface area (Å²) in [4.78, 5) is 2.56. The van der Waals surface area contributed by atoms with Crippen molar-refractivity contribution < 1.29 is 10.2 Å². The highest BCUT2D eigenvalue weighted by atomic mass is 16.3. The van der Waals surface area contributed by atoms with E-state index in [0.29, 0.717) is 17.9 Å². The van der Waals surface area contributed by atoms with Gasteiger partial charge >= 0.3 is 0 Å². The minimum absolute atomic E-state index is 0.0217. The number of aliphatic hydroxyl groups is 2. The summed E-state index contributed by atoms with van der Waals surface area (Å²) in [6, 6.07) is 17.7. The van der Waals surface area contributed by atoms with Gasteiger partial charge in [0, 0.05) is 25.1 Å². The van der Waals surface area contributed by atoms with Crippen LogP contribution in [-0.2, 0) is 6.42 Å². The first-order valence-electron chi connectivity index (χ1n) is 10.7. The summed E-state index contributed by atoms with van der Waals surface area (Å²) in [6.45, 7) is 6.99. The van der Waals surface area contributed by atoms with Crippen LogP contribution in [0.2, 0.25) is 0 Å². The molecular formula is C25H33NO2. The van der Waals surface area contributed by atoms with Crippen LogP contribution in [0, 0.1) is 5.92 Å². The van der Waals surface area contributed by atoms with E-state index < -0.39 is 0 Å². The van der Waals surface area contributed by atoms with Gasteiger partial charge in [-0.3, -0.25) is 4.90 Å². The van der Waals surface area contributed by atoms with E-state index in [-0.39, 0.29) is 24.8 Å². The van der Waals surface area contributed by atoms with E-state index in [2.05, 4.69) is 74.2 Å². The van der Waals surface area contributed by atoms with E-state index in [0.717, 1.165) is 19.3 Å². The van der Waals surface area contributed by atoms with E-state index in [1.807, 2.05) is 0 Å². The molecule has 1 aliphatic heterocycles. The molecule has 0 saturated carbocycles. The molecule has 1 heterocycles. The molecule has 3 heteroatoms. The zero-order chi connectivity index (χ0) is 19.8. The highest BCUT2D eigenvalue weighted by Gasteiger charge is 2.45. The fraction of sp³-hybridized carbons (Fsp3) is 0.520. The van der Waals surface area contributed by atoms with Crippen LogP contribution in [0.15, 0.2) is 48.5 Å². The summed E-state index contributed by atoms with van der Waals surface area (Å²) in [5, 5.41) is 21.1. The number of hydrogen-bond donors (Lipinski definition) is 2. The molecule has 3 nitrogen and oxygen atoms in total. The second-order valence-corrected chi connectivity index (χ2v) is 9.03. The number of piperidine rings is 1. The van der Waals surface area contributed by atoms with Crippen LogP contribution in [0.25, 0.3) is 0 Å². The van der Waals surface area contributed by atoms with Crippen molar-refractivity contribution in [3.05, 3.63) is 70.8 Å². The Balaban J connectivity index is 1.80. The van der Waals surface area contributed by atoms with Crippen molar-refractivity contribution in [2.45, 2.75) is 70.2 Å². The van der Waals surface area contributed by atoms with Gasteiger partial charge < -0.3 is 10.2 Å². The van der Waals surface area contributed by atoms with Crippen LogP contribution in [0.4, 0.5) is 0 Å². The van der Waals surface area contributed by atoms with Crippen LogP contribution >= 0.6 is 0 Å². The van der Waals surface area contributed by atoms with Gasteiger partial charge in [-0.05, 0) is 53.9 Å². The molecule has 0 spiro atoms. The fourth-order valence-corrected chi connectivity index (χ4v) is 5.60. The Hall–Kier alpha value is -1.68. The van der Waals surface area contributed by atoms with Gasteiger partial charge in [0.15, 0.2) is 0 Å². The molecule has 4 rings (SSSR count). The van der Waals surface area contributed by atoms with Gasteiger partial charge in [0.05, 0.1) is 12.1 Å². The van der Waals surface area contributed by atoms with Gasteiger partial charge in [0.1, 0.15) is 0 Å². The number of rotatable bonds is 4. The highest BCUT2D eigenvalue weighted by Crippen LogP contribution is 2.49. The molecule has 1 aliphatic carbocycles. The smallest absolute Gasteiger partial charge is 0.0777 e. The van der Waals surface area contributed by atoms with E-state index in [1.54, 1.807) is 0 Å². The minimum Gasteiger partial charge on any atom is -0.396 e. The Bertz CT molecular complexity index is 803. The molecule has 1 saturated heterocycles. The lowest BCUT2D eigenvalue weighted by molar-refractivity contribution is -0.0375. The molecule has 5 atom stereocenters. The van der Waals surface area contributed by atoms with Crippen molar-refractivity contribution in [1.29, 1.82) is 0 Å². The average molecular weight is 380 g/mol. The lowest BCUT2D eigenvalue weighted by atomic mass is 9.81. The van der Waals surface area contributed by atoms with Crippen molar-refractivity contribution in [3.63, 3.8) is 0 Å². The maximum atomic E-state index is 11.2. The van der Waals surface area contributed by atoms with Crippen LogP contribution in [0.5, 0.6) is 0 Å². The van der Waals surface area contributed by atoms with Gasteiger partial charge in [-0.1, -0.05) is 62.4 Å². The lowest BCUT2D eigenvalue weighted by Crippen LogP contribution is -2.48. The fourth-order valence-electron chi connectivity index (χ4n) is 5.60. The zero-order valence-electron chi connectivity index (χ0n) is 17.3. The van der Waals surface area contributed by atoms with Gasteiger partial charge in [-0.2, -0.15) is 0 Å². The SMILES string of the molecule is CC(C)c1cccc2c1[C@H](N1[C@H](C)C[C@H](CO)C[C@H]1c1ccccc1)[C@H](O)C2. The Kier molecular flexibility index (Phi) is 5.59. The highest BCUT2D eigenvalue weighted by molar-refractivity contribution is 5.45. The molecule has 150 valence electrons. The van der Waals surface area contributed by atoms with Crippen molar-refractivity contribution in [2.75, 3.05) is 6.61 Å². The van der Waals surface area contributed by atoms with Crippen molar-refractivity contribution >= 4 is 0 Å². The third-order valence-corrected chi connectivity index (χ3v) is 6.81. The summed E-state index contributed by atoms with van der Waals surface area (Å²) in [7, 11) is 0. The second kappa shape index (κ2) is 7.98. The third kappa shape index (κ3) is 3.41. The van der Waals surface area contributed by atoms with Crippen LogP contribution in [0.3, 0.4) is 0 Å². The Labute approximate surface area is 169 Å². The Morgan fingerprint density at radius 3 is 2.46 bits per heavy atom. The molecule has 2 aromatic carbocycles. The van der Waals surface area contributed by atoms with Crippen molar-refractivity contribution in [2.24, 2.45) is 5.92 Å². The van der Waals surface area contributed by atoms with Gasteiger partial charge in [0.25, 0.3) is 0 Å². The minimum atomic E-state index is -0.380. The molecule has 0 aromatic heterocycles. The maximum absolute atomic E-state index is 11.2. The predicted octanol–water partition coefficient (Wildman–Crippen LogP) is 4.60. The lowest BCUT2D eigenvalue weighted by Gasteiger charge is -2.48. The monoisotopic (exact) mass is 379 g/mol. The first kappa shape index (κ1) is 19.6. The van der Waals surface area contributed by atoms with Crippen LogP contribution in [0.1, 0.15) is 73.9 Å². The maximum Gasteiger partial charge on any atom is 0.0777 e. The third-order valence-electron chi connectivity index (χ3n) is 6.81. The predicted molar refractivity (Wildman–Crippen MR) is 113 cm³/mol. The number of aliphatic hydroxyl groups excluding tert-OH is 2. The summed E-state index contributed by atoms with van der Waals surface area (Å²) in [5.41, 5.74) is 5.30.